The fraction of sp³-hybridized carbons (Fsp3) is 0.455. The minimum atomic E-state index is -0.897. The molecule has 124 valence electrons. The van der Waals surface area contributed by atoms with Crippen LogP contribution in [0.2, 0.25) is 0 Å². The number of benzene rings is 2. The van der Waals surface area contributed by atoms with Crippen molar-refractivity contribution in [3.05, 3.63) is 71.8 Å². The lowest BCUT2D eigenvalue weighted by atomic mass is 9.72. The first kappa shape index (κ1) is 17.7. The highest BCUT2D eigenvalue weighted by molar-refractivity contribution is 5.36. The Kier molecular flexibility index (Phi) is 6.85. The third-order valence-corrected chi connectivity index (χ3v) is 4.81. The highest BCUT2D eigenvalue weighted by atomic mass is 16.3. The van der Waals surface area contributed by atoms with Crippen molar-refractivity contribution < 1.29 is 5.11 Å². The van der Waals surface area contributed by atoms with E-state index in [9.17, 15) is 5.11 Å². The Bertz CT molecular complexity index is 507. The van der Waals surface area contributed by atoms with Gasteiger partial charge in [0.05, 0.1) is 0 Å². The Labute approximate surface area is 141 Å². The summed E-state index contributed by atoms with van der Waals surface area (Å²) in [6, 6.07) is 20.4. The van der Waals surface area contributed by atoms with Crippen LogP contribution in [0.4, 0.5) is 0 Å². The zero-order valence-corrected chi connectivity index (χ0v) is 14.5. The zero-order valence-electron chi connectivity index (χ0n) is 14.5. The molecule has 0 aliphatic heterocycles. The summed E-state index contributed by atoms with van der Waals surface area (Å²) in [4.78, 5) is 0. The van der Waals surface area contributed by atoms with Crippen LogP contribution in [0, 0.1) is 5.92 Å². The van der Waals surface area contributed by atoms with Crippen molar-refractivity contribution in [1.82, 2.24) is 0 Å². The predicted molar refractivity (Wildman–Crippen MR) is 98.4 cm³/mol. The molecule has 2 aromatic carbocycles. The van der Waals surface area contributed by atoms with Gasteiger partial charge in [0, 0.05) is 0 Å². The molecule has 23 heavy (non-hydrogen) atoms. The summed E-state index contributed by atoms with van der Waals surface area (Å²) in [6.07, 6.45) is 6.85. The van der Waals surface area contributed by atoms with Crippen molar-refractivity contribution in [2.75, 3.05) is 0 Å². The second-order valence-electron chi connectivity index (χ2n) is 6.48. The topological polar surface area (TPSA) is 20.2 Å². The monoisotopic (exact) mass is 310 g/mol. The Morgan fingerprint density at radius 1 is 0.739 bits per heavy atom. The van der Waals surface area contributed by atoms with Crippen molar-refractivity contribution in [3.8, 4) is 0 Å². The molecule has 0 fully saturated rings. The van der Waals surface area contributed by atoms with E-state index in [1.54, 1.807) is 0 Å². The van der Waals surface area contributed by atoms with E-state index in [0.29, 0.717) is 0 Å². The molecule has 0 radical (unpaired) electrons. The summed E-state index contributed by atoms with van der Waals surface area (Å²) >= 11 is 0. The summed E-state index contributed by atoms with van der Waals surface area (Å²) < 4.78 is 0. The summed E-state index contributed by atoms with van der Waals surface area (Å²) in [5.41, 5.74) is 1.13. The van der Waals surface area contributed by atoms with Gasteiger partial charge in [-0.1, -0.05) is 100 Å². The average Bonchev–Trinajstić information content (AvgIpc) is 2.62. The fourth-order valence-electron chi connectivity index (χ4n) is 3.57. The smallest absolute Gasteiger partial charge is 0.117 e. The van der Waals surface area contributed by atoms with E-state index in [2.05, 4.69) is 38.1 Å². The maximum Gasteiger partial charge on any atom is 0.117 e. The second kappa shape index (κ2) is 8.88. The lowest BCUT2D eigenvalue weighted by Gasteiger charge is -2.38. The number of hydrogen-bond donors (Lipinski definition) is 1. The standard InChI is InChI=1S/C22H30O/c1-3-5-8-14-19(13-4-2)22(23,20-15-9-6-10-16-20)21-17-11-7-12-18-21/h6-7,9-12,15-19,23H,3-5,8,13-14H2,1-2H3. The molecule has 2 aromatic rings. The average molecular weight is 310 g/mol. The van der Waals surface area contributed by atoms with Crippen LogP contribution in [-0.2, 0) is 5.60 Å². The molecule has 1 heteroatoms. The van der Waals surface area contributed by atoms with Crippen molar-refractivity contribution in [2.24, 2.45) is 5.92 Å². The molecular formula is C22H30O. The molecule has 0 aliphatic rings. The minimum absolute atomic E-state index is 0.254. The number of rotatable bonds is 9. The molecule has 0 bridgehead atoms. The Hall–Kier alpha value is -1.60. The van der Waals surface area contributed by atoms with E-state index < -0.39 is 5.60 Å². The third-order valence-electron chi connectivity index (χ3n) is 4.81. The predicted octanol–water partition coefficient (Wildman–Crippen LogP) is 5.92. The molecule has 0 amide bonds. The van der Waals surface area contributed by atoms with Crippen molar-refractivity contribution in [3.63, 3.8) is 0 Å². The molecule has 0 spiro atoms. The van der Waals surface area contributed by atoms with Crippen molar-refractivity contribution in [2.45, 2.75) is 58.0 Å². The van der Waals surface area contributed by atoms with Gasteiger partial charge in [0.1, 0.15) is 5.60 Å². The third kappa shape index (κ3) is 4.23. The number of hydrogen-bond acceptors (Lipinski definition) is 1. The van der Waals surface area contributed by atoms with Crippen LogP contribution < -0.4 is 0 Å². The SMILES string of the molecule is CCCCCC(CCC)C(O)(c1ccccc1)c1ccccc1. The van der Waals surface area contributed by atoms with Gasteiger partial charge in [-0.15, -0.1) is 0 Å². The quantitative estimate of drug-likeness (QED) is 0.570. The summed E-state index contributed by atoms with van der Waals surface area (Å²) in [7, 11) is 0. The van der Waals surface area contributed by atoms with Gasteiger partial charge in [-0.2, -0.15) is 0 Å². The Morgan fingerprint density at radius 3 is 1.70 bits per heavy atom. The lowest BCUT2D eigenvalue weighted by molar-refractivity contribution is 0.00656. The molecule has 0 heterocycles. The van der Waals surface area contributed by atoms with Gasteiger partial charge in [-0.3, -0.25) is 0 Å². The van der Waals surface area contributed by atoms with Gasteiger partial charge in [0.2, 0.25) is 0 Å². The molecule has 0 saturated heterocycles. The van der Waals surface area contributed by atoms with E-state index in [4.69, 9.17) is 0 Å². The largest absolute Gasteiger partial charge is 0.380 e. The molecule has 1 nitrogen and oxygen atoms in total. The first-order valence-corrected chi connectivity index (χ1v) is 9.06. The molecule has 1 atom stereocenters. The summed E-state index contributed by atoms with van der Waals surface area (Å²) in [5.74, 6) is 0.254. The van der Waals surface area contributed by atoms with Gasteiger partial charge in [-0.05, 0) is 29.9 Å². The first-order valence-electron chi connectivity index (χ1n) is 9.06. The summed E-state index contributed by atoms with van der Waals surface area (Å²) in [6.45, 7) is 4.44. The molecule has 1 unspecified atom stereocenters. The van der Waals surface area contributed by atoms with Crippen molar-refractivity contribution in [1.29, 1.82) is 0 Å². The molecule has 1 N–H and O–H groups in total. The highest BCUT2D eigenvalue weighted by Gasteiger charge is 2.38. The second-order valence-corrected chi connectivity index (χ2v) is 6.48. The van der Waals surface area contributed by atoms with Crippen LogP contribution in [0.15, 0.2) is 60.7 Å². The summed E-state index contributed by atoms with van der Waals surface area (Å²) in [5, 5.41) is 11.8. The first-order chi connectivity index (χ1) is 11.2. The van der Waals surface area contributed by atoms with Gasteiger partial charge in [0.15, 0.2) is 0 Å². The fourth-order valence-corrected chi connectivity index (χ4v) is 3.57. The molecule has 0 aliphatic carbocycles. The van der Waals surface area contributed by atoms with E-state index >= 15 is 0 Å². The van der Waals surface area contributed by atoms with Gasteiger partial charge < -0.3 is 5.11 Å². The van der Waals surface area contributed by atoms with Crippen LogP contribution in [0.3, 0.4) is 0 Å². The number of unbranched alkanes of at least 4 members (excludes halogenated alkanes) is 2. The molecule has 0 saturated carbocycles. The van der Waals surface area contributed by atoms with Crippen LogP contribution in [0.25, 0.3) is 0 Å². The van der Waals surface area contributed by atoms with E-state index in [0.717, 1.165) is 30.4 Å². The lowest BCUT2D eigenvalue weighted by Crippen LogP contribution is -2.36. The zero-order chi connectivity index (χ0) is 16.5. The molecular weight excluding hydrogens is 280 g/mol. The van der Waals surface area contributed by atoms with Crippen LogP contribution in [-0.4, -0.2) is 5.11 Å². The van der Waals surface area contributed by atoms with Crippen LogP contribution >= 0.6 is 0 Å². The van der Waals surface area contributed by atoms with Gasteiger partial charge in [0.25, 0.3) is 0 Å². The van der Waals surface area contributed by atoms with E-state index in [1.807, 2.05) is 36.4 Å². The highest BCUT2D eigenvalue weighted by Crippen LogP contribution is 2.41. The van der Waals surface area contributed by atoms with Gasteiger partial charge in [-0.25, -0.2) is 0 Å². The number of aliphatic hydroxyl groups is 1. The van der Waals surface area contributed by atoms with E-state index in [-0.39, 0.29) is 5.92 Å². The molecule has 0 aromatic heterocycles. The Morgan fingerprint density at radius 2 is 1.26 bits per heavy atom. The van der Waals surface area contributed by atoms with Crippen LogP contribution in [0.5, 0.6) is 0 Å². The maximum atomic E-state index is 11.8. The maximum absolute atomic E-state index is 11.8. The minimum Gasteiger partial charge on any atom is -0.380 e. The van der Waals surface area contributed by atoms with Crippen LogP contribution in [0.1, 0.15) is 63.5 Å². The van der Waals surface area contributed by atoms with Crippen molar-refractivity contribution >= 4 is 0 Å². The van der Waals surface area contributed by atoms with E-state index in [1.165, 1.54) is 19.3 Å². The normalized spacial score (nSPS) is 13.0. The molecule has 2 rings (SSSR count). The van der Waals surface area contributed by atoms with Gasteiger partial charge >= 0.3 is 0 Å². The Balaban J connectivity index is 2.42.